The van der Waals surface area contributed by atoms with Crippen molar-refractivity contribution in [3.63, 3.8) is 0 Å². The minimum Gasteiger partial charge on any atom is -0.352 e. The first-order valence-electron chi connectivity index (χ1n) is 7.52. The van der Waals surface area contributed by atoms with Gasteiger partial charge in [-0.25, -0.2) is 0 Å². The first kappa shape index (κ1) is 16.3. The van der Waals surface area contributed by atoms with Gasteiger partial charge in [0.2, 0.25) is 5.91 Å². The number of amides is 2. The molecule has 7 heteroatoms. The number of nitrogens with zero attached hydrogens (tertiary/aromatic N) is 1. The van der Waals surface area contributed by atoms with E-state index in [1.807, 2.05) is 0 Å². The number of aromatic nitrogens is 1. The summed E-state index contributed by atoms with van der Waals surface area (Å²) in [4.78, 5) is 41.3. The predicted octanol–water partition coefficient (Wildman–Crippen LogP) is 1.65. The lowest BCUT2D eigenvalue weighted by Crippen LogP contribution is -2.53. The van der Waals surface area contributed by atoms with Crippen LogP contribution in [0.25, 0.3) is 0 Å². The molecule has 1 aliphatic rings. The molecule has 1 saturated heterocycles. The van der Waals surface area contributed by atoms with Gasteiger partial charge < -0.3 is 15.2 Å². The second-order valence-corrected chi connectivity index (χ2v) is 6.00. The van der Waals surface area contributed by atoms with E-state index in [9.17, 15) is 14.4 Å². The van der Waals surface area contributed by atoms with Crippen LogP contribution in [0.1, 0.15) is 27.7 Å². The van der Waals surface area contributed by atoms with Crippen LogP contribution in [0.5, 0.6) is 0 Å². The summed E-state index contributed by atoms with van der Waals surface area (Å²) in [6.45, 7) is 2.36. The second-order valence-electron chi connectivity index (χ2n) is 5.60. The van der Waals surface area contributed by atoms with E-state index in [4.69, 9.17) is 11.6 Å². The molecule has 2 N–H and O–H groups in total. The summed E-state index contributed by atoms with van der Waals surface area (Å²) in [5.41, 5.74) is 0.736. The van der Waals surface area contributed by atoms with Crippen LogP contribution in [0.3, 0.4) is 0 Å². The van der Waals surface area contributed by atoms with Crippen LogP contribution >= 0.6 is 11.6 Å². The van der Waals surface area contributed by atoms with E-state index in [1.54, 1.807) is 37.3 Å². The molecule has 24 heavy (non-hydrogen) atoms. The molecule has 0 radical (unpaired) electrons. The number of rotatable bonds is 2. The largest absolute Gasteiger partial charge is 0.352 e. The van der Waals surface area contributed by atoms with Crippen LogP contribution in [0.2, 0.25) is 5.02 Å². The lowest BCUT2D eigenvalue weighted by Gasteiger charge is -2.35. The van der Waals surface area contributed by atoms with Crippen LogP contribution in [0, 0.1) is 6.92 Å². The Bertz CT molecular complexity index is 862. The summed E-state index contributed by atoms with van der Waals surface area (Å²) in [5, 5.41) is 3.14. The SMILES string of the molecule is Cc1ccc(C(=O)N2CCNC(=O)[C@@H]2c2ccccc2Cl)c(=O)[nH]1. The summed E-state index contributed by atoms with van der Waals surface area (Å²) < 4.78 is 0. The lowest BCUT2D eigenvalue weighted by atomic mass is 10.0. The maximum Gasteiger partial charge on any atom is 0.260 e. The third kappa shape index (κ3) is 2.92. The number of hydrogen-bond acceptors (Lipinski definition) is 3. The van der Waals surface area contributed by atoms with Crippen molar-refractivity contribution >= 4 is 23.4 Å². The van der Waals surface area contributed by atoms with Crippen LogP contribution in [0.15, 0.2) is 41.2 Å². The average Bonchev–Trinajstić information content (AvgIpc) is 2.55. The summed E-state index contributed by atoms with van der Waals surface area (Å²) in [6.07, 6.45) is 0. The number of carbonyl (C=O) groups excluding carboxylic acids is 2. The molecule has 2 heterocycles. The van der Waals surface area contributed by atoms with Gasteiger partial charge in [-0.1, -0.05) is 29.8 Å². The van der Waals surface area contributed by atoms with Gasteiger partial charge in [0.25, 0.3) is 11.5 Å². The zero-order valence-corrected chi connectivity index (χ0v) is 13.8. The predicted molar refractivity (Wildman–Crippen MR) is 90.0 cm³/mol. The van der Waals surface area contributed by atoms with E-state index >= 15 is 0 Å². The lowest BCUT2D eigenvalue weighted by molar-refractivity contribution is -0.128. The van der Waals surface area contributed by atoms with Gasteiger partial charge in [0.1, 0.15) is 11.6 Å². The maximum absolute atomic E-state index is 12.9. The Morgan fingerprint density at radius 1 is 1.21 bits per heavy atom. The Balaban J connectivity index is 2.03. The summed E-state index contributed by atoms with van der Waals surface area (Å²) in [5.74, 6) is -0.803. The summed E-state index contributed by atoms with van der Waals surface area (Å²) in [6, 6.07) is 9.15. The molecule has 6 nitrogen and oxygen atoms in total. The third-order valence-electron chi connectivity index (χ3n) is 3.96. The Morgan fingerprint density at radius 2 is 1.96 bits per heavy atom. The normalized spacial score (nSPS) is 17.5. The first-order chi connectivity index (χ1) is 11.5. The molecule has 2 amide bonds. The Kier molecular flexibility index (Phi) is 4.40. The Labute approximate surface area is 143 Å². The van der Waals surface area contributed by atoms with Crippen LogP contribution in [0.4, 0.5) is 0 Å². The van der Waals surface area contributed by atoms with Gasteiger partial charge in [-0.15, -0.1) is 0 Å². The molecule has 0 aliphatic carbocycles. The van der Waals surface area contributed by atoms with E-state index in [-0.39, 0.29) is 11.5 Å². The number of aryl methyl sites for hydroxylation is 1. The van der Waals surface area contributed by atoms with Gasteiger partial charge in [0, 0.05) is 29.4 Å². The van der Waals surface area contributed by atoms with E-state index in [1.165, 1.54) is 11.0 Å². The van der Waals surface area contributed by atoms with Crippen LogP contribution in [-0.4, -0.2) is 34.8 Å². The molecular weight excluding hydrogens is 330 g/mol. The highest BCUT2D eigenvalue weighted by Gasteiger charge is 2.36. The van der Waals surface area contributed by atoms with Crippen molar-refractivity contribution in [3.8, 4) is 0 Å². The number of carbonyl (C=O) groups is 2. The fraction of sp³-hybridized carbons (Fsp3) is 0.235. The van der Waals surface area contributed by atoms with Gasteiger partial charge in [0.15, 0.2) is 0 Å². The van der Waals surface area contributed by atoms with Crippen LogP contribution < -0.4 is 10.9 Å². The second kappa shape index (κ2) is 6.49. The minimum absolute atomic E-state index is 0.00681. The van der Waals surface area contributed by atoms with E-state index in [2.05, 4.69) is 10.3 Å². The molecule has 0 saturated carbocycles. The topological polar surface area (TPSA) is 82.3 Å². The third-order valence-corrected chi connectivity index (χ3v) is 4.30. The highest BCUT2D eigenvalue weighted by molar-refractivity contribution is 6.31. The molecule has 1 fully saturated rings. The number of aromatic amines is 1. The molecular formula is C17H16ClN3O3. The molecule has 1 aromatic carbocycles. The zero-order chi connectivity index (χ0) is 17.3. The van der Waals surface area contributed by atoms with Crippen molar-refractivity contribution in [2.45, 2.75) is 13.0 Å². The molecule has 0 unspecified atom stereocenters. The van der Waals surface area contributed by atoms with Crippen molar-refractivity contribution < 1.29 is 9.59 Å². The van der Waals surface area contributed by atoms with E-state index in [0.29, 0.717) is 29.4 Å². The molecule has 2 aromatic rings. The molecule has 1 aliphatic heterocycles. The minimum atomic E-state index is -0.861. The number of piperazine rings is 1. The number of pyridine rings is 1. The van der Waals surface area contributed by atoms with Gasteiger partial charge in [-0.3, -0.25) is 14.4 Å². The van der Waals surface area contributed by atoms with Crippen molar-refractivity contribution in [1.82, 2.24) is 15.2 Å². The number of H-pyrrole nitrogens is 1. The smallest absolute Gasteiger partial charge is 0.260 e. The number of halogens is 1. The quantitative estimate of drug-likeness (QED) is 0.868. The zero-order valence-electron chi connectivity index (χ0n) is 13.0. The molecule has 0 bridgehead atoms. The van der Waals surface area contributed by atoms with Crippen molar-refractivity contribution in [2.75, 3.05) is 13.1 Å². The standard InChI is InChI=1S/C17H16ClN3O3/c1-10-6-7-12(15(22)20-10)17(24)21-9-8-19-16(23)14(21)11-4-2-3-5-13(11)18/h2-7,14H,8-9H2,1H3,(H,19,23)(H,20,22)/t14-/m0/s1. The van der Waals surface area contributed by atoms with Gasteiger partial charge in [-0.05, 0) is 25.1 Å². The number of nitrogens with one attached hydrogen (secondary N) is 2. The van der Waals surface area contributed by atoms with Crippen molar-refractivity contribution in [1.29, 1.82) is 0 Å². The number of hydrogen-bond donors (Lipinski definition) is 2. The Morgan fingerprint density at radius 3 is 2.67 bits per heavy atom. The van der Waals surface area contributed by atoms with Gasteiger partial charge in [-0.2, -0.15) is 0 Å². The van der Waals surface area contributed by atoms with Crippen molar-refractivity contribution in [2.24, 2.45) is 0 Å². The number of benzene rings is 1. The highest BCUT2D eigenvalue weighted by atomic mass is 35.5. The monoisotopic (exact) mass is 345 g/mol. The van der Waals surface area contributed by atoms with E-state index in [0.717, 1.165) is 0 Å². The molecule has 1 aromatic heterocycles. The average molecular weight is 346 g/mol. The van der Waals surface area contributed by atoms with Crippen molar-refractivity contribution in [3.05, 3.63) is 68.6 Å². The molecule has 3 rings (SSSR count). The fourth-order valence-corrected chi connectivity index (χ4v) is 3.03. The van der Waals surface area contributed by atoms with Gasteiger partial charge in [0.05, 0.1) is 0 Å². The van der Waals surface area contributed by atoms with Gasteiger partial charge >= 0.3 is 0 Å². The summed E-state index contributed by atoms with van der Waals surface area (Å²) in [7, 11) is 0. The first-order valence-corrected chi connectivity index (χ1v) is 7.90. The Hall–Kier alpha value is -2.60. The molecule has 124 valence electrons. The van der Waals surface area contributed by atoms with Crippen LogP contribution in [-0.2, 0) is 4.79 Å². The fourth-order valence-electron chi connectivity index (χ4n) is 2.79. The molecule has 0 spiro atoms. The summed E-state index contributed by atoms with van der Waals surface area (Å²) >= 11 is 6.21. The van der Waals surface area contributed by atoms with E-state index < -0.39 is 17.5 Å². The molecule has 1 atom stereocenters. The highest BCUT2D eigenvalue weighted by Crippen LogP contribution is 2.30. The maximum atomic E-state index is 12.9.